The number of fused-ring (bicyclic) bond motifs is 1. The van der Waals surface area contributed by atoms with Crippen LogP contribution in [0.1, 0.15) is 66.1 Å². The van der Waals surface area contributed by atoms with Gasteiger partial charge in [-0.1, -0.05) is 6.42 Å². The molecule has 1 amide bonds. The topological polar surface area (TPSA) is 71.8 Å². The van der Waals surface area contributed by atoms with Crippen LogP contribution in [-0.2, 0) is 4.74 Å². The third-order valence-electron chi connectivity index (χ3n) is 6.83. The quantitative estimate of drug-likeness (QED) is 0.877. The molecule has 2 aliphatic carbocycles. The van der Waals surface area contributed by atoms with Crippen molar-refractivity contribution in [3.05, 3.63) is 33.4 Å². The molecule has 2 saturated heterocycles. The van der Waals surface area contributed by atoms with Crippen molar-refractivity contribution in [2.24, 2.45) is 5.92 Å². The number of hydrogen-bond acceptors (Lipinski definition) is 5. The van der Waals surface area contributed by atoms with E-state index in [4.69, 9.17) is 9.15 Å². The van der Waals surface area contributed by atoms with Crippen molar-refractivity contribution in [2.45, 2.75) is 69.6 Å². The first-order chi connectivity index (χ1) is 13.1. The van der Waals surface area contributed by atoms with E-state index in [0.717, 1.165) is 56.2 Å². The van der Waals surface area contributed by atoms with Crippen LogP contribution < -0.4 is 10.9 Å². The average Bonchev–Trinajstić information content (AvgIpc) is 3.33. The summed E-state index contributed by atoms with van der Waals surface area (Å²) in [5.74, 6) is 1.52. The maximum atomic E-state index is 12.8. The van der Waals surface area contributed by atoms with E-state index >= 15 is 0 Å². The Morgan fingerprint density at radius 3 is 2.70 bits per heavy atom. The third-order valence-corrected chi connectivity index (χ3v) is 6.83. The fraction of sp³-hybridized carbons (Fsp3) is 0.714. The molecule has 1 aromatic rings. The summed E-state index contributed by atoms with van der Waals surface area (Å²) >= 11 is 0. The van der Waals surface area contributed by atoms with Crippen LogP contribution in [0.25, 0.3) is 0 Å². The van der Waals surface area contributed by atoms with Crippen molar-refractivity contribution >= 4 is 5.91 Å². The zero-order valence-corrected chi connectivity index (χ0v) is 15.9. The Kier molecular flexibility index (Phi) is 4.36. The molecule has 6 heteroatoms. The van der Waals surface area contributed by atoms with Crippen LogP contribution in [0.2, 0.25) is 0 Å². The molecule has 2 saturated carbocycles. The van der Waals surface area contributed by atoms with Crippen LogP contribution in [0.4, 0.5) is 0 Å². The van der Waals surface area contributed by atoms with Gasteiger partial charge in [0.1, 0.15) is 11.3 Å². The lowest BCUT2D eigenvalue weighted by atomic mass is 9.83. The fourth-order valence-electron chi connectivity index (χ4n) is 4.81. The van der Waals surface area contributed by atoms with E-state index in [-0.39, 0.29) is 17.5 Å². The Balaban J connectivity index is 1.25. The molecule has 4 aliphatic rings. The van der Waals surface area contributed by atoms with Crippen LogP contribution in [0.3, 0.4) is 0 Å². The molecule has 5 rings (SSSR count). The second kappa shape index (κ2) is 6.74. The normalized spacial score (nSPS) is 31.4. The number of ether oxygens (including phenoxy) is 1. The number of nitrogens with zero attached hydrogens (tertiary/aromatic N) is 1. The first-order valence-corrected chi connectivity index (χ1v) is 10.4. The van der Waals surface area contributed by atoms with Crippen LogP contribution in [0.5, 0.6) is 0 Å². The molecule has 0 unspecified atom stereocenters. The van der Waals surface area contributed by atoms with Gasteiger partial charge in [0.2, 0.25) is 0 Å². The highest BCUT2D eigenvalue weighted by Gasteiger charge is 2.42. The average molecular weight is 372 g/mol. The van der Waals surface area contributed by atoms with E-state index in [1.807, 2.05) is 13.0 Å². The molecule has 146 valence electrons. The van der Waals surface area contributed by atoms with Crippen LogP contribution >= 0.6 is 0 Å². The number of amides is 1. The van der Waals surface area contributed by atoms with E-state index in [1.165, 1.54) is 19.3 Å². The first-order valence-electron chi connectivity index (χ1n) is 10.4. The number of nitrogens with one attached hydrogen (secondary N) is 1. The van der Waals surface area contributed by atoms with Gasteiger partial charge < -0.3 is 14.5 Å². The fourth-order valence-corrected chi connectivity index (χ4v) is 4.81. The molecule has 4 fully saturated rings. The Labute approximate surface area is 159 Å². The first kappa shape index (κ1) is 17.4. The van der Waals surface area contributed by atoms with Gasteiger partial charge in [-0.25, -0.2) is 4.79 Å². The molecule has 3 atom stereocenters. The molecule has 1 N–H and O–H groups in total. The van der Waals surface area contributed by atoms with Crippen molar-refractivity contribution in [3.8, 4) is 0 Å². The monoisotopic (exact) mass is 372 g/mol. The van der Waals surface area contributed by atoms with Gasteiger partial charge in [-0.15, -0.1) is 0 Å². The third kappa shape index (κ3) is 3.34. The summed E-state index contributed by atoms with van der Waals surface area (Å²) in [7, 11) is 0. The number of hydrogen-bond donors (Lipinski definition) is 1. The summed E-state index contributed by atoms with van der Waals surface area (Å²) in [5, 5.41) is 3.07. The van der Waals surface area contributed by atoms with Crippen LogP contribution in [0.15, 0.2) is 15.3 Å². The van der Waals surface area contributed by atoms with Gasteiger partial charge in [0.15, 0.2) is 0 Å². The molecule has 0 spiro atoms. The second-order valence-electron chi connectivity index (χ2n) is 8.85. The predicted molar refractivity (Wildman–Crippen MR) is 100 cm³/mol. The highest BCUT2D eigenvalue weighted by atomic mass is 16.5. The molecule has 27 heavy (non-hydrogen) atoms. The lowest BCUT2D eigenvalue weighted by molar-refractivity contribution is -0.0581. The summed E-state index contributed by atoms with van der Waals surface area (Å²) in [5.41, 5.74) is 0.385. The zero-order chi connectivity index (χ0) is 18.5. The maximum absolute atomic E-state index is 12.8. The minimum atomic E-state index is -0.498. The molecule has 6 nitrogen and oxygen atoms in total. The standard InChI is InChI=1S/C21H28N2O4/c1-12-7-17(13-3-2-4-13)27-21(25)19(12)20(24)22-15-8-16-11-26-18(14-5-6-14)10-23(16)9-15/h7,13-16,18H,2-6,8-11H2,1H3,(H,22,24)/t15-,16-,18+/m0/s1. The molecule has 1 aromatic heterocycles. The van der Waals surface area contributed by atoms with Gasteiger partial charge in [-0.05, 0) is 56.6 Å². The number of morpholine rings is 1. The van der Waals surface area contributed by atoms with Crippen molar-refractivity contribution in [1.82, 2.24) is 10.2 Å². The molecule has 0 radical (unpaired) electrons. The molecule has 2 aliphatic heterocycles. The number of carbonyl (C=O) groups is 1. The summed E-state index contributed by atoms with van der Waals surface area (Å²) < 4.78 is 11.5. The molecule has 0 bridgehead atoms. The van der Waals surface area contributed by atoms with Gasteiger partial charge in [0.25, 0.3) is 5.91 Å². The molecule has 3 heterocycles. The largest absolute Gasteiger partial charge is 0.427 e. The van der Waals surface area contributed by atoms with E-state index in [9.17, 15) is 9.59 Å². The van der Waals surface area contributed by atoms with Crippen molar-refractivity contribution in [2.75, 3.05) is 19.7 Å². The van der Waals surface area contributed by atoms with Gasteiger partial charge >= 0.3 is 5.63 Å². The van der Waals surface area contributed by atoms with Gasteiger partial charge in [0, 0.05) is 31.1 Å². The summed E-state index contributed by atoms with van der Waals surface area (Å²) in [6.07, 6.45) is 7.14. The lowest BCUT2D eigenvalue weighted by Gasteiger charge is -2.35. The van der Waals surface area contributed by atoms with Gasteiger partial charge in [0.05, 0.1) is 12.7 Å². The van der Waals surface area contributed by atoms with Crippen LogP contribution in [0, 0.1) is 12.8 Å². The molecule has 0 aromatic carbocycles. The SMILES string of the molecule is Cc1cc(C2CCC2)oc(=O)c1C(=O)N[C@H]1C[C@H]2CO[C@@H](C3CC3)CN2C1. The van der Waals surface area contributed by atoms with Gasteiger partial charge in [-0.3, -0.25) is 9.69 Å². The Morgan fingerprint density at radius 1 is 1.22 bits per heavy atom. The molecular weight excluding hydrogens is 344 g/mol. The number of aryl methyl sites for hydroxylation is 1. The van der Waals surface area contributed by atoms with Crippen molar-refractivity contribution < 1.29 is 13.9 Å². The van der Waals surface area contributed by atoms with E-state index < -0.39 is 5.63 Å². The van der Waals surface area contributed by atoms with Crippen molar-refractivity contribution in [1.29, 1.82) is 0 Å². The van der Waals surface area contributed by atoms with E-state index in [1.54, 1.807) is 0 Å². The minimum Gasteiger partial charge on any atom is -0.427 e. The molecular formula is C21H28N2O4. The maximum Gasteiger partial charge on any atom is 0.349 e. The number of carbonyl (C=O) groups excluding carboxylic acids is 1. The summed E-state index contributed by atoms with van der Waals surface area (Å²) in [6.45, 7) is 4.40. The van der Waals surface area contributed by atoms with E-state index in [0.29, 0.717) is 18.1 Å². The van der Waals surface area contributed by atoms with E-state index in [2.05, 4.69) is 10.2 Å². The Hall–Kier alpha value is -1.66. The van der Waals surface area contributed by atoms with Crippen molar-refractivity contribution in [3.63, 3.8) is 0 Å². The highest BCUT2D eigenvalue weighted by Crippen LogP contribution is 2.38. The Bertz CT molecular complexity index is 796. The zero-order valence-electron chi connectivity index (χ0n) is 15.9. The minimum absolute atomic E-state index is 0.0640. The summed E-state index contributed by atoms with van der Waals surface area (Å²) in [6, 6.07) is 2.32. The summed E-state index contributed by atoms with van der Waals surface area (Å²) in [4.78, 5) is 27.7. The Morgan fingerprint density at radius 2 is 2.04 bits per heavy atom. The number of rotatable bonds is 4. The highest BCUT2D eigenvalue weighted by molar-refractivity contribution is 5.95. The second-order valence-corrected chi connectivity index (χ2v) is 8.85. The predicted octanol–water partition coefficient (Wildman–Crippen LogP) is 2.20. The smallest absolute Gasteiger partial charge is 0.349 e. The van der Waals surface area contributed by atoms with Crippen LogP contribution in [-0.4, -0.2) is 48.7 Å². The van der Waals surface area contributed by atoms with Gasteiger partial charge in [-0.2, -0.15) is 0 Å². The lowest BCUT2D eigenvalue weighted by Crippen LogP contribution is -2.47.